The van der Waals surface area contributed by atoms with Crippen molar-refractivity contribution in [3.05, 3.63) is 52.3 Å². The summed E-state index contributed by atoms with van der Waals surface area (Å²) in [6.07, 6.45) is 1.78. The third kappa shape index (κ3) is 4.21. The van der Waals surface area contributed by atoms with Crippen molar-refractivity contribution in [3.8, 4) is 11.5 Å². The van der Waals surface area contributed by atoms with Gasteiger partial charge in [-0.05, 0) is 51.7 Å². The van der Waals surface area contributed by atoms with Gasteiger partial charge in [-0.15, -0.1) is 0 Å². The minimum atomic E-state index is -0.0168. The number of hydrogen-bond donors (Lipinski definition) is 0. The van der Waals surface area contributed by atoms with Crippen LogP contribution < -0.4 is 9.47 Å². The first-order valence-electron chi connectivity index (χ1n) is 6.82. The molecule has 0 unspecified atom stereocenters. The number of benzene rings is 1. The molecule has 2 rings (SSSR count). The van der Waals surface area contributed by atoms with Crippen LogP contribution in [0.2, 0.25) is 0 Å². The molecule has 0 N–H and O–H groups in total. The second-order valence-electron chi connectivity index (χ2n) is 5.87. The second kappa shape index (κ2) is 6.48. The summed E-state index contributed by atoms with van der Waals surface area (Å²) in [5, 5.41) is 0. The molecule has 0 aliphatic heterocycles. The van der Waals surface area contributed by atoms with Gasteiger partial charge in [0.15, 0.2) is 0 Å². The van der Waals surface area contributed by atoms with Gasteiger partial charge in [0.1, 0.15) is 18.1 Å². The molecule has 0 aliphatic carbocycles. The fraction of sp³-hybridized carbons (Fsp3) is 0.353. The molecule has 4 heteroatoms. The number of nitrogens with zero attached hydrogens (tertiary/aromatic N) is 1. The van der Waals surface area contributed by atoms with Crippen molar-refractivity contribution in [2.45, 2.75) is 32.8 Å². The second-order valence-corrected chi connectivity index (χ2v) is 6.78. The molecule has 21 heavy (non-hydrogen) atoms. The Bertz CT molecular complexity index is 603. The molecule has 0 atom stereocenters. The average molecular weight is 350 g/mol. The van der Waals surface area contributed by atoms with E-state index >= 15 is 0 Å². The molecule has 1 aromatic heterocycles. The first-order chi connectivity index (χ1) is 9.90. The Morgan fingerprint density at radius 3 is 2.48 bits per heavy atom. The molecule has 0 bridgehead atoms. The molecule has 0 amide bonds. The van der Waals surface area contributed by atoms with Crippen LogP contribution in [0.3, 0.4) is 0 Å². The molecule has 0 saturated carbocycles. The van der Waals surface area contributed by atoms with E-state index in [1.807, 2.05) is 30.3 Å². The predicted molar refractivity (Wildman–Crippen MR) is 88.0 cm³/mol. The molecule has 0 radical (unpaired) electrons. The number of hydrogen-bond acceptors (Lipinski definition) is 3. The average Bonchev–Trinajstić information content (AvgIpc) is 2.45. The molecule has 0 aliphatic rings. The lowest BCUT2D eigenvalue weighted by Gasteiger charge is -2.23. The monoisotopic (exact) mass is 349 g/mol. The predicted octanol–water partition coefficient (Wildman–Crippen LogP) is 4.73. The largest absolute Gasteiger partial charge is 0.497 e. The van der Waals surface area contributed by atoms with Crippen LogP contribution in [0.5, 0.6) is 11.5 Å². The maximum atomic E-state index is 5.96. The molecule has 3 nitrogen and oxygen atoms in total. The fourth-order valence-corrected chi connectivity index (χ4v) is 2.23. The van der Waals surface area contributed by atoms with E-state index < -0.39 is 0 Å². The van der Waals surface area contributed by atoms with Gasteiger partial charge in [0.25, 0.3) is 0 Å². The summed E-state index contributed by atoms with van der Waals surface area (Å²) >= 11 is 3.38. The lowest BCUT2D eigenvalue weighted by atomic mass is 9.86. The van der Waals surface area contributed by atoms with E-state index in [1.165, 1.54) is 0 Å². The third-order valence-corrected chi connectivity index (χ3v) is 3.63. The summed E-state index contributed by atoms with van der Waals surface area (Å²) in [7, 11) is 1.67. The lowest BCUT2D eigenvalue weighted by molar-refractivity contribution is 0.292. The Hall–Kier alpha value is -1.55. The van der Waals surface area contributed by atoms with Gasteiger partial charge in [0.2, 0.25) is 0 Å². The van der Waals surface area contributed by atoms with Crippen molar-refractivity contribution in [3.63, 3.8) is 0 Å². The molecule has 1 aromatic carbocycles. The van der Waals surface area contributed by atoms with Crippen LogP contribution in [0.15, 0.2) is 41.0 Å². The van der Waals surface area contributed by atoms with Crippen LogP contribution in [-0.2, 0) is 12.0 Å². The van der Waals surface area contributed by atoms with Crippen molar-refractivity contribution in [2.24, 2.45) is 0 Å². The number of ether oxygens (including phenoxy) is 2. The van der Waals surface area contributed by atoms with Crippen LogP contribution in [0.25, 0.3) is 0 Å². The van der Waals surface area contributed by atoms with E-state index in [4.69, 9.17) is 9.47 Å². The first-order valence-corrected chi connectivity index (χ1v) is 7.61. The van der Waals surface area contributed by atoms with Gasteiger partial charge in [0.05, 0.1) is 12.8 Å². The van der Waals surface area contributed by atoms with Crippen molar-refractivity contribution in [1.29, 1.82) is 0 Å². The van der Waals surface area contributed by atoms with E-state index in [0.29, 0.717) is 6.61 Å². The molecular formula is C17H20BrNO2. The van der Waals surface area contributed by atoms with Crippen LogP contribution in [0, 0.1) is 0 Å². The highest BCUT2D eigenvalue weighted by Crippen LogP contribution is 2.34. The lowest BCUT2D eigenvalue weighted by Crippen LogP contribution is -2.14. The summed E-state index contributed by atoms with van der Waals surface area (Å²) in [6, 6.07) is 9.82. The zero-order valence-corrected chi connectivity index (χ0v) is 14.4. The molecule has 2 aromatic rings. The van der Waals surface area contributed by atoms with Gasteiger partial charge in [-0.25, -0.2) is 0 Å². The van der Waals surface area contributed by atoms with Crippen LogP contribution >= 0.6 is 15.9 Å². The quantitative estimate of drug-likeness (QED) is 0.799. The number of halogens is 1. The van der Waals surface area contributed by atoms with Crippen LogP contribution in [-0.4, -0.2) is 12.1 Å². The Kier molecular flexibility index (Phi) is 4.88. The van der Waals surface area contributed by atoms with Crippen molar-refractivity contribution in [2.75, 3.05) is 7.11 Å². The standard InChI is InChI=1S/C17H20BrNO2/c1-17(2,3)15-9-14(20-4)7-8-16(15)21-11-13-6-5-12(18)10-19-13/h5-10H,11H2,1-4H3. The van der Waals surface area contributed by atoms with Gasteiger partial charge in [0, 0.05) is 16.2 Å². The van der Waals surface area contributed by atoms with Crippen LogP contribution in [0.1, 0.15) is 32.0 Å². The Morgan fingerprint density at radius 1 is 1.14 bits per heavy atom. The molecule has 0 spiro atoms. The van der Waals surface area contributed by atoms with Gasteiger partial charge in [-0.2, -0.15) is 0 Å². The van der Waals surface area contributed by atoms with E-state index in [9.17, 15) is 0 Å². The molecular weight excluding hydrogens is 330 g/mol. The van der Waals surface area contributed by atoms with E-state index in [1.54, 1.807) is 13.3 Å². The Balaban J connectivity index is 2.21. The maximum absolute atomic E-state index is 5.96. The van der Waals surface area contributed by atoms with Crippen molar-refractivity contribution >= 4 is 15.9 Å². The summed E-state index contributed by atoms with van der Waals surface area (Å²) in [5.74, 6) is 1.71. The van der Waals surface area contributed by atoms with Crippen molar-refractivity contribution in [1.82, 2.24) is 4.98 Å². The Labute approximate surface area is 134 Å². The highest BCUT2D eigenvalue weighted by Gasteiger charge is 2.20. The van der Waals surface area contributed by atoms with E-state index in [0.717, 1.165) is 27.2 Å². The SMILES string of the molecule is COc1ccc(OCc2ccc(Br)cn2)c(C(C)(C)C)c1. The topological polar surface area (TPSA) is 31.4 Å². The molecule has 112 valence electrons. The zero-order chi connectivity index (χ0) is 15.5. The number of pyridine rings is 1. The normalized spacial score (nSPS) is 11.3. The Morgan fingerprint density at radius 2 is 1.90 bits per heavy atom. The minimum absolute atomic E-state index is 0.0168. The van der Waals surface area contributed by atoms with E-state index in [2.05, 4.69) is 41.7 Å². The smallest absolute Gasteiger partial charge is 0.130 e. The summed E-state index contributed by atoms with van der Waals surface area (Å²) in [5.41, 5.74) is 2.00. The van der Waals surface area contributed by atoms with Gasteiger partial charge < -0.3 is 9.47 Å². The first kappa shape index (κ1) is 15.8. The van der Waals surface area contributed by atoms with Gasteiger partial charge in [-0.3, -0.25) is 4.98 Å². The minimum Gasteiger partial charge on any atom is -0.497 e. The van der Waals surface area contributed by atoms with Gasteiger partial charge in [-0.1, -0.05) is 20.8 Å². The van der Waals surface area contributed by atoms with Crippen molar-refractivity contribution < 1.29 is 9.47 Å². The highest BCUT2D eigenvalue weighted by molar-refractivity contribution is 9.10. The summed E-state index contributed by atoms with van der Waals surface area (Å²) in [4.78, 5) is 4.32. The number of aromatic nitrogens is 1. The third-order valence-electron chi connectivity index (χ3n) is 3.16. The number of methoxy groups -OCH3 is 1. The zero-order valence-electron chi connectivity index (χ0n) is 12.8. The number of rotatable bonds is 4. The molecule has 0 saturated heterocycles. The van der Waals surface area contributed by atoms with Gasteiger partial charge >= 0.3 is 0 Å². The fourth-order valence-electron chi connectivity index (χ4n) is 1.99. The summed E-state index contributed by atoms with van der Waals surface area (Å²) in [6.45, 7) is 6.92. The summed E-state index contributed by atoms with van der Waals surface area (Å²) < 4.78 is 12.2. The highest BCUT2D eigenvalue weighted by atomic mass is 79.9. The van der Waals surface area contributed by atoms with Crippen LogP contribution in [0.4, 0.5) is 0 Å². The molecule has 1 heterocycles. The molecule has 0 fully saturated rings. The maximum Gasteiger partial charge on any atom is 0.130 e. The van der Waals surface area contributed by atoms with E-state index in [-0.39, 0.29) is 5.41 Å².